The van der Waals surface area contributed by atoms with Crippen LogP contribution in [-0.4, -0.2) is 10.1 Å². The second kappa shape index (κ2) is 5.27. The second-order valence-corrected chi connectivity index (χ2v) is 4.37. The molecule has 0 amide bonds. The van der Waals surface area contributed by atoms with E-state index in [-0.39, 0.29) is 11.9 Å². The minimum atomic E-state index is -0.311. The van der Waals surface area contributed by atoms with E-state index in [4.69, 9.17) is 10.3 Å². The maximum absolute atomic E-state index is 13.3. The van der Waals surface area contributed by atoms with Crippen molar-refractivity contribution in [2.75, 3.05) is 0 Å². The Bertz CT molecular complexity index is 519. The van der Waals surface area contributed by atoms with E-state index in [1.54, 1.807) is 0 Å². The summed E-state index contributed by atoms with van der Waals surface area (Å²) in [5, 5.41) is 3.84. The van der Waals surface area contributed by atoms with Crippen molar-refractivity contribution >= 4 is 0 Å². The minimum absolute atomic E-state index is 0.258. The van der Waals surface area contributed by atoms with Gasteiger partial charge in [-0.05, 0) is 37.1 Å². The van der Waals surface area contributed by atoms with E-state index >= 15 is 0 Å². The zero-order chi connectivity index (χ0) is 13.1. The number of aryl methyl sites for hydroxylation is 1. The van der Waals surface area contributed by atoms with Gasteiger partial charge in [0.2, 0.25) is 11.7 Å². The molecule has 1 aromatic heterocycles. The molecule has 0 aliphatic carbocycles. The third kappa shape index (κ3) is 2.73. The normalized spacial score (nSPS) is 12.7. The molecule has 0 saturated heterocycles. The van der Waals surface area contributed by atoms with Crippen molar-refractivity contribution in [2.45, 2.75) is 32.7 Å². The average molecular weight is 249 g/mol. The van der Waals surface area contributed by atoms with Gasteiger partial charge in [0.25, 0.3) is 0 Å². The Kier molecular flexibility index (Phi) is 3.72. The van der Waals surface area contributed by atoms with Crippen molar-refractivity contribution in [2.24, 2.45) is 5.73 Å². The Morgan fingerprint density at radius 3 is 2.83 bits per heavy atom. The number of rotatable bonds is 4. The van der Waals surface area contributed by atoms with Gasteiger partial charge >= 0.3 is 0 Å². The summed E-state index contributed by atoms with van der Waals surface area (Å²) in [6.45, 7) is 3.85. The summed E-state index contributed by atoms with van der Waals surface area (Å²) in [6, 6.07) is 4.38. The molecule has 4 nitrogen and oxygen atoms in total. The summed E-state index contributed by atoms with van der Waals surface area (Å²) in [7, 11) is 0. The van der Waals surface area contributed by atoms with Crippen LogP contribution in [0, 0.1) is 12.7 Å². The monoisotopic (exact) mass is 249 g/mol. The number of halogens is 1. The highest BCUT2D eigenvalue weighted by Gasteiger charge is 2.15. The predicted molar refractivity (Wildman–Crippen MR) is 66.3 cm³/mol. The highest BCUT2D eigenvalue weighted by atomic mass is 19.1. The second-order valence-electron chi connectivity index (χ2n) is 4.37. The smallest absolute Gasteiger partial charge is 0.243 e. The van der Waals surface area contributed by atoms with Crippen molar-refractivity contribution in [3.8, 4) is 11.4 Å². The van der Waals surface area contributed by atoms with Crippen LogP contribution in [0.5, 0.6) is 0 Å². The van der Waals surface area contributed by atoms with E-state index in [2.05, 4.69) is 10.1 Å². The van der Waals surface area contributed by atoms with Gasteiger partial charge in [-0.3, -0.25) is 0 Å². The van der Waals surface area contributed by atoms with Crippen LogP contribution in [0.4, 0.5) is 4.39 Å². The van der Waals surface area contributed by atoms with Crippen LogP contribution >= 0.6 is 0 Å². The summed E-state index contributed by atoms with van der Waals surface area (Å²) in [6.07, 6.45) is 1.72. The maximum Gasteiger partial charge on any atom is 0.243 e. The van der Waals surface area contributed by atoms with Gasteiger partial charge in [-0.1, -0.05) is 18.5 Å². The molecule has 2 rings (SSSR count). The van der Waals surface area contributed by atoms with Gasteiger partial charge in [0.1, 0.15) is 5.82 Å². The molecule has 96 valence electrons. The third-order valence-electron chi connectivity index (χ3n) is 2.66. The zero-order valence-electron chi connectivity index (χ0n) is 10.5. The topological polar surface area (TPSA) is 64.9 Å². The molecule has 0 radical (unpaired) electrons. The van der Waals surface area contributed by atoms with E-state index in [0.29, 0.717) is 17.3 Å². The zero-order valence-corrected chi connectivity index (χ0v) is 10.5. The van der Waals surface area contributed by atoms with Gasteiger partial charge in [0.05, 0.1) is 6.04 Å². The molecule has 2 N–H and O–H groups in total. The number of hydrogen-bond acceptors (Lipinski definition) is 4. The van der Waals surface area contributed by atoms with Gasteiger partial charge in [0, 0.05) is 5.56 Å². The lowest BCUT2D eigenvalue weighted by Gasteiger charge is -2.02. The molecule has 0 aliphatic heterocycles. The Balaban J connectivity index is 2.29. The Hall–Kier alpha value is -1.75. The van der Waals surface area contributed by atoms with E-state index in [0.717, 1.165) is 18.4 Å². The Morgan fingerprint density at radius 2 is 2.17 bits per heavy atom. The van der Waals surface area contributed by atoms with E-state index < -0.39 is 0 Å². The molecular weight excluding hydrogens is 233 g/mol. The summed E-state index contributed by atoms with van der Waals surface area (Å²) in [4.78, 5) is 4.21. The van der Waals surface area contributed by atoms with Crippen molar-refractivity contribution in [3.63, 3.8) is 0 Å². The van der Waals surface area contributed by atoms with Crippen molar-refractivity contribution < 1.29 is 8.91 Å². The first-order valence-corrected chi connectivity index (χ1v) is 5.97. The van der Waals surface area contributed by atoms with Crippen LogP contribution in [0.1, 0.15) is 37.3 Å². The molecular formula is C13H16FN3O. The van der Waals surface area contributed by atoms with Crippen molar-refractivity contribution in [1.29, 1.82) is 0 Å². The fraction of sp³-hybridized carbons (Fsp3) is 0.385. The molecule has 0 saturated carbocycles. The summed E-state index contributed by atoms with van der Waals surface area (Å²) < 4.78 is 18.4. The molecule has 18 heavy (non-hydrogen) atoms. The summed E-state index contributed by atoms with van der Waals surface area (Å²) in [5.74, 6) is 0.460. The molecule has 1 atom stereocenters. The lowest BCUT2D eigenvalue weighted by atomic mass is 10.1. The first-order valence-electron chi connectivity index (χ1n) is 5.97. The molecule has 1 heterocycles. The molecule has 2 aromatic rings. The van der Waals surface area contributed by atoms with Gasteiger partial charge in [-0.15, -0.1) is 0 Å². The highest BCUT2D eigenvalue weighted by molar-refractivity contribution is 5.55. The van der Waals surface area contributed by atoms with E-state index in [1.165, 1.54) is 12.1 Å². The molecule has 0 bridgehead atoms. The number of hydrogen-bond donors (Lipinski definition) is 1. The summed E-state index contributed by atoms with van der Waals surface area (Å²) >= 11 is 0. The van der Waals surface area contributed by atoms with Crippen molar-refractivity contribution in [3.05, 3.63) is 35.5 Å². The van der Waals surface area contributed by atoms with Crippen LogP contribution in [0.25, 0.3) is 11.4 Å². The maximum atomic E-state index is 13.3. The average Bonchev–Trinajstić information content (AvgIpc) is 2.77. The molecule has 0 fully saturated rings. The Morgan fingerprint density at radius 1 is 1.39 bits per heavy atom. The number of benzene rings is 1. The minimum Gasteiger partial charge on any atom is -0.337 e. The largest absolute Gasteiger partial charge is 0.337 e. The Labute approximate surface area is 105 Å². The van der Waals surface area contributed by atoms with Gasteiger partial charge in [-0.25, -0.2) is 4.39 Å². The molecule has 0 unspecified atom stereocenters. The van der Waals surface area contributed by atoms with Crippen molar-refractivity contribution in [1.82, 2.24) is 10.1 Å². The quantitative estimate of drug-likeness (QED) is 0.904. The highest BCUT2D eigenvalue weighted by Crippen LogP contribution is 2.21. The molecule has 0 spiro atoms. The molecule has 5 heteroatoms. The SMILES string of the molecule is CCC[C@@H](N)c1nc(-c2cc(C)cc(F)c2)no1. The van der Waals surface area contributed by atoms with Gasteiger partial charge < -0.3 is 10.3 Å². The molecule has 1 aromatic carbocycles. The van der Waals surface area contributed by atoms with E-state index in [1.807, 2.05) is 19.9 Å². The number of nitrogens with two attached hydrogens (primary N) is 1. The first kappa shape index (κ1) is 12.7. The predicted octanol–water partition coefficient (Wildman–Crippen LogP) is 2.98. The van der Waals surface area contributed by atoms with Crippen LogP contribution in [-0.2, 0) is 0 Å². The standard InChI is InChI=1S/C13H16FN3O/c1-3-4-11(15)13-16-12(17-18-13)9-5-8(2)6-10(14)7-9/h5-7,11H,3-4,15H2,1-2H3/t11-/m1/s1. The number of aromatic nitrogens is 2. The lowest BCUT2D eigenvalue weighted by molar-refractivity contribution is 0.348. The first-order chi connectivity index (χ1) is 8.60. The van der Waals surface area contributed by atoms with E-state index in [9.17, 15) is 4.39 Å². The van der Waals surface area contributed by atoms with Gasteiger partial charge in [0.15, 0.2) is 0 Å². The van der Waals surface area contributed by atoms with Crippen LogP contribution in [0.15, 0.2) is 22.7 Å². The summed E-state index contributed by atoms with van der Waals surface area (Å²) in [5.41, 5.74) is 7.30. The molecule has 0 aliphatic rings. The van der Waals surface area contributed by atoms with Crippen LogP contribution in [0.3, 0.4) is 0 Å². The van der Waals surface area contributed by atoms with Crippen LogP contribution in [0.2, 0.25) is 0 Å². The number of nitrogens with zero attached hydrogens (tertiary/aromatic N) is 2. The van der Waals surface area contributed by atoms with Crippen LogP contribution < -0.4 is 5.73 Å². The van der Waals surface area contributed by atoms with Gasteiger partial charge in [-0.2, -0.15) is 4.98 Å². The fourth-order valence-electron chi connectivity index (χ4n) is 1.80. The lowest BCUT2D eigenvalue weighted by Crippen LogP contribution is -2.09. The fourth-order valence-corrected chi connectivity index (χ4v) is 1.80. The third-order valence-corrected chi connectivity index (χ3v) is 2.66.